The molecule has 0 aliphatic carbocycles. The Hall–Kier alpha value is -2.25. The van der Waals surface area contributed by atoms with Crippen LogP contribution in [0.3, 0.4) is 0 Å². The highest BCUT2D eigenvalue weighted by Crippen LogP contribution is 2.22. The summed E-state index contributed by atoms with van der Waals surface area (Å²) in [5, 5.41) is 4.17. The molecule has 0 bridgehead atoms. The minimum Gasteiger partial charge on any atom is -0.359 e. The summed E-state index contributed by atoms with van der Waals surface area (Å²) in [6.45, 7) is 4.51. The number of aromatic nitrogens is 1. The summed E-state index contributed by atoms with van der Waals surface area (Å²) in [5.41, 5.74) is 3.08. The maximum Gasteiger partial charge on any atom is 0.227 e. The first kappa shape index (κ1) is 14.7. The van der Waals surface area contributed by atoms with Gasteiger partial charge in [0.15, 0.2) is 0 Å². The minimum absolute atomic E-state index is 0.0812. The predicted octanol–water partition coefficient (Wildman–Crippen LogP) is 2.76. The molecule has 22 heavy (non-hydrogen) atoms. The van der Waals surface area contributed by atoms with Crippen molar-refractivity contribution in [3.05, 3.63) is 30.0 Å². The van der Waals surface area contributed by atoms with E-state index in [0.717, 1.165) is 48.2 Å². The van der Waals surface area contributed by atoms with E-state index in [0.29, 0.717) is 6.54 Å². The van der Waals surface area contributed by atoms with Gasteiger partial charge < -0.3 is 10.3 Å². The summed E-state index contributed by atoms with van der Waals surface area (Å²) in [5.74, 6) is 2.86. The number of nitrogens with zero attached hydrogens (tertiary/aromatic N) is 1. The third-order valence-electron chi connectivity index (χ3n) is 4.30. The summed E-state index contributed by atoms with van der Waals surface area (Å²) in [6, 6.07) is 8.06. The maximum atomic E-state index is 12.4. The Kier molecular flexibility index (Phi) is 4.17. The molecule has 1 aliphatic heterocycles. The highest BCUT2D eigenvalue weighted by Gasteiger charge is 2.24. The number of terminal acetylenes is 1. The lowest BCUT2D eigenvalue weighted by Gasteiger charge is -2.29. The van der Waals surface area contributed by atoms with Crippen molar-refractivity contribution in [3.8, 4) is 12.3 Å². The fourth-order valence-electron chi connectivity index (χ4n) is 3.08. The molecular weight excluding hydrogens is 274 g/mol. The van der Waals surface area contributed by atoms with E-state index >= 15 is 0 Å². The van der Waals surface area contributed by atoms with Gasteiger partial charge in [-0.1, -0.05) is 5.92 Å². The zero-order chi connectivity index (χ0) is 15.5. The number of benzene rings is 1. The molecule has 0 unspecified atom stereocenters. The second-order valence-corrected chi connectivity index (χ2v) is 6.00. The van der Waals surface area contributed by atoms with Gasteiger partial charge in [-0.25, -0.2) is 0 Å². The predicted molar refractivity (Wildman–Crippen MR) is 89.7 cm³/mol. The van der Waals surface area contributed by atoms with Gasteiger partial charge in [-0.2, -0.15) is 0 Å². The van der Waals surface area contributed by atoms with Gasteiger partial charge in [-0.05, 0) is 57.1 Å². The molecule has 0 radical (unpaired) electrons. The van der Waals surface area contributed by atoms with Gasteiger partial charge in [-0.15, -0.1) is 6.42 Å². The van der Waals surface area contributed by atoms with E-state index in [-0.39, 0.29) is 11.8 Å². The molecular formula is C18H21N3O. The van der Waals surface area contributed by atoms with Crippen LogP contribution in [0.2, 0.25) is 0 Å². The van der Waals surface area contributed by atoms with Crippen molar-refractivity contribution in [1.29, 1.82) is 0 Å². The molecule has 0 atom stereocenters. The molecule has 0 saturated carbocycles. The summed E-state index contributed by atoms with van der Waals surface area (Å²) in [6.07, 6.45) is 7.08. The van der Waals surface area contributed by atoms with Crippen molar-refractivity contribution in [2.24, 2.45) is 5.92 Å². The molecule has 2 heterocycles. The van der Waals surface area contributed by atoms with E-state index in [2.05, 4.69) is 27.2 Å². The number of amides is 1. The minimum atomic E-state index is 0.0812. The number of nitrogens with one attached hydrogen (secondary N) is 2. The summed E-state index contributed by atoms with van der Waals surface area (Å²) < 4.78 is 0. The normalized spacial score (nSPS) is 16.5. The number of carbonyl (C=O) groups is 1. The van der Waals surface area contributed by atoms with E-state index in [1.165, 1.54) is 0 Å². The van der Waals surface area contributed by atoms with E-state index in [1.54, 1.807) is 0 Å². The highest BCUT2D eigenvalue weighted by molar-refractivity contribution is 5.95. The maximum absolute atomic E-state index is 12.4. The Balaban J connectivity index is 1.62. The first-order valence-electron chi connectivity index (χ1n) is 7.72. The number of hydrogen-bond donors (Lipinski definition) is 2. The van der Waals surface area contributed by atoms with Gasteiger partial charge in [0.1, 0.15) is 0 Å². The molecule has 2 N–H and O–H groups in total. The Labute approximate surface area is 130 Å². The summed E-state index contributed by atoms with van der Waals surface area (Å²) >= 11 is 0. The standard InChI is InChI=1S/C18H21N3O/c1-3-8-21-9-6-14(7-10-21)18(22)20-16-4-5-17-15(12-16)11-13(2)19-17/h1,4-5,11-12,14,19H,6-10H2,2H3,(H,20,22). The van der Waals surface area contributed by atoms with Gasteiger partial charge in [0.25, 0.3) is 0 Å². The molecule has 2 aromatic rings. The zero-order valence-corrected chi connectivity index (χ0v) is 12.9. The van der Waals surface area contributed by atoms with Crippen molar-refractivity contribution in [2.75, 3.05) is 25.0 Å². The molecule has 1 aliphatic rings. The Bertz CT molecular complexity index is 717. The topological polar surface area (TPSA) is 48.1 Å². The SMILES string of the molecule is C#CCN1CCC(C(=O)Nc2ccc3[nH]c(C)cc3c2)CC1. The van der Waals surface area contributed by atoms with Crippen LogP contribution in [0, 0.1) is 25.2 Å². The molecule has 1 amide bonds. The largest absolute Gasteiger partial charge is 0.359 e. The van der Waals surface area contributed by atoms with E-state index in [4.69, 9.17) is 6.42 Å². The fraction of sp³-hybridized carbons (Fsp3) is 0.389. The van der Waals surface area contributed by atoms with Crippen molar-refractivity contribution < 1.29 is 4.79 Å². The summed E-state index contributed by atoms with van der Waals surface area (Å²) in [4.78, 5) is 17.9. The lowest BCUT2D eigenvalue weighted by Crippen LogP contribution is -2.38. The third kappa shape index (κ3) is 3.15. The number of anilines is 1. The molecule has 1 aromatic carbocycles. The number of piperidine rings is 1. The number of hydrogen-bond acceptors (Lipinski definition) is 2. The first-order chi connectivity index (χ1) is 10.7. The first-order valence-corrected chi connectivity index (χ1v) is 7.72. The Morgan fingerprint density at radius 2 is 2.18 bits per heavy atom. The molecule has 4 nitrogen and oxygen atoms in total. The number of aryl methyl sites for hydroxylation is 1. The number of carbonyl (C=O) groups excluding carboxylic acids is 1. The van der Waals surface area contributed by atoms with E-state index in [1.807, 2.05) is 25.1 Å². The van der Waals surface area contributed by atoms with Gasteiger partial charge in [-0.3, -0.25) is 9.69 Å². The van der Waals surface area contributed by atoms with Crippen LogP contribution >= 0.6 is 0 Å². The number of aromatic amines is 1. The van der Waals surface area contributed by atoms with Crippen molar-refractivity contribution in [1.82, 2.24) is 9.88 Å². The highest BCUT2D eigenvalue weighted by atomic mass is 16.1. The quantitative estimate of drug-likeness (QED) is 0.855. The smallest absolute Gasteiger partial charge is 0.227 e. The number of H-pyrrole nitrogens is 1. The van der Waals surface area contributed by atoms with Crippen molar-refractivity contribution in [3.63, 3.8) is 0 Å². The van der Waals surface area contributed by atoms with Crippen LogP contribution < -0.4 is 5.32 Å². The van der Waals surface area contributed by atoms with Crippen LogP contribution in [0.4, 0.5) is 5.69 Å². The lowest BCUT2D eigenvalue weighted by atomic mass is 9.96. The second kappa shape index (κ2) is 6.25. The molecule has 1 fully saturated rings. The fourth-order valence-corrected chi connectivity index (χ4v) is 3.08. The average molecular weight is 295 g/mol. The second-order valence-electron chi connectivity index (χ2n) is 6.00. The summed E-state index contributed by atoms with van der Waals surface area (Å²) in [7, 11) is 0. The van der Waals surface area contributed by atoms with Crippen LogP contribution in [0.25, 0.3) is 10.9 Å². The van der Waals surface area contributed by atoms with Gasteiger partial charge in [0, 0.05) is 28.2 Å². The van der Waals surface area contributed by atoms with E-state index in [9.17, 15) is 4.79 Å². The van der Waals surface area contributed by atoms with Crippen molar-refractivity contribution >= 4 is 22.5 Å². The van der Waals surface area contributed by atoms with Gasteiger partial charge in [0.05, 0.1) is 6.54 Å². The zero-order valence-electron chi connectivity index (χ0n) is 12.9. The van der Waals surface area contributed by atoms with Crippen LogP contribution in [0.5, 0.6) is 0 Å². The third-order valence-corrected chi connectivity index (χ3v) is 4.30. The number of fused-ring (bicyclic) bond motifs is 1. The van der Waals surface area contributed by atoms with Crippen LogP contribution in [-0.4, -0.2) is 35.4 Å². The van der Waals surface area contributed by atoms with Crippen LogP contribution in [-0.2, 0) is 4.79 Å². The molecule has 114 valence electrons. The molecule has 4 heteroatoms. The molecule has 3 rings (SSSR count). The number of rotatable bonds is 3. The van der Waals surface area contributed by atoms with Crippen LogP contribution in [0.1, 0.15) is 18.5 Å². The lowest BCUT2D eigenvalue weighted by molar-refractivity contribution is -0.121. The van der Waals surface area contributed by atoms with E-state index < -0.39 is 0 Å². The molecule has 0 spiro atoms. The van der Waals surface area contributed by atoms with Gasteiger partial charge >= 0.3 is 0 Å². The average Bonchev–Trinajstić information content (AvgIpc) is 2.87. The Morgan fingerprint density at radius 1 is 1.41 bits per heavy atom. The molecule has 1 saturated heterocycles. The molecule has 1 aromatic heterocycles. The van der Waals surface area contributed by atoms with Crippen molar-refractivity contribution in [2.45, 2.75) is 19.8 Å². The van der Waals surface area contributed by atoms with Crippen LogP contribution in [0.15, 0.2) is 24.3 Å². The van der Waals surface area contributed by atoms with Gasteiger partial charge in [0.2, 0.25) is 5.91 Å². The monoisotopic (exact) mass is 295 g/mol. The Morgan fingerprint density at radius 3 is 2.91 bits per heavy atom. The number of likely N-dealkylation sites (tertiary alicyclic amines) is 1.